The van der Waals surface area contributed by atoms with Crippen LogP contribution in [0, 0.1) is 0 Å². The van der Waals surface area contributed by atoms with Crippen LogP contribution in [0.15, 0.2) is 12.8 Å². The molecule has 55 heavy (non-hydrogen) atoms. The van der Waals surface area contributed by atoms with Gasteiger partial charge in [0.2, 0.25) is 27.5 Å². The summed E-state index contributed by atoms with van der Waals surface area (Å²) < 4.78 is 292. The maximum absolute atomic E-state index is 12.7. The van der Waals surface area contributed by atoms with Gasteiger partial charge in [-0.05, 0) is 21.9 Å². The molecule has 0 amide bonds. The lowest BCUT2D eigenvalue weighted by Gasteiger charge is -2.24. The fraction of sp³-hybridized carbons (Fsp3) is 0.920. The zero-order valence-corrected chi connectivity index (χ0v) is 28.3. The molecule has 0 aromatic carbocycles. The van der Waals surface area contributed by atoms with Crippen LogP contribution < -0.4 is 0 Å². The summed E-state index contributed by atoms with van der Waals surface area (Å²) in [5, 5.41) is 0. The first-order valence-corrected chi connectivity index (χ1v) is 13.2. The van der Waals surface area contributed by atoms with Crippen LogP contribution in [0.4, 0.5) is 114 Å². The monoisotopic (exact) mass is 898 g/mol. The van der Waals surface area contributed by atoms with Crippen LogP contribution in [-0.4, -0.2) is 118 Å². The van der Waals surface area contributed by atoms with Gasteiger partial charge in [0.1, 0.15) is 26.7 Å². The average Bonchev–Trinajstić information content (AvgIpc) is 3.10. The van der Waals surface area contributed by atoms with Crippen LogP contribution >= 0.6 is 0 Å². The second kappa shape index (κ2) is 53.7. The van der Waals surface area contributed by atoms with E-state index in [0.29, 0.717) is 26.6 Å². The Labute approximate surface area is 297 Å². The molecule has 0 spiro atoms. The lowest BCUT2D eigenvalue weighted by molar-refractivity contribution is -0.201. The number of rotatable bonds is 16. The number of halogens is 26. The van der Waals surface area contributed by atoms with E-state index in [-0.39, 0.29) is 6.67 Å². The van der Waals surface area contributed by atoms with Crippen molar-refractivity contribution in [2.24, 2.45) is 0 Å². The zero-order chi connectivity index (χ0) is 46.1. The molecule has 4 nitrogen and oxygen atoms in total. The van der Waals surface area contributed by atoms with E-state index in [4.69, 9.17) is 0 Å². The molecule has 0 aromatic heterocycles. The van der Waals surface area contributed by atoms with Crippen LogP contribution in [0.2, 0.25) is 0 Å². The van der Waals surface area contributed by atoms with Gasteiger partial charge in [-0.1, -0.05) is 6.58 Å². The van der Waals surface area contributed by atoms with Gasteiger partial charge in [0.15, 0.2) is 18.2 Å². The fourth-order valence-electron chi connectivity index (χ4n) is 1.49. The van der Waals surface area contributed by atoms with E-state index in [1.165, 1.54) is 0 Å². The standard InChI is InChI=1S/C6H6F8.C5H10F2O.C4H6F4.C3H4F4.C3H5FO.2CH2F2O.CH2F2.CH3F/c7-3-4(8,1-5(9,10)11)2-6(12,13)14;6-3-1-2-4-8-5-7;5-1-4(8,2-6)3-7;4-2-1-3(5,6)7;1-2-5-3-4;2*2-1-4-3;2-1-3;1-2/h1-3H2;1-5H2;1-3H2;1-2H2;2H,1,3H2;2*1H2;1H2;1H3. The van der Waals surface area contributed by atoms with Crippen molar-refractivity contribution in [1.82, 2.24) is 0 Å². The van der Waals surface area contributed by atoms with Crippen molar-refractivity contribution in [3.05, 3.63) is 12.8 Å². The molecule has 0 saturated heterocycles. The first kappa shape index (κ1) is 73.7. The van der Waals surface area contributed by atoms with Gasteiger partial charge in [-0.3, -0.25) is 13.2 Å². The molecule has 0 aliphatic carbocycles. The minimum absolute atomic E-state index is 0.334. The van der Waals surface area contributed by atoms with Gasteiger partial charge in [0.25, 0.3) is 0 Å². The van der Waals surface area contributed by atoms with Crippen molar-refractivity contribution in [1.29, 1.82) is 0 Å². The predicted molar refractivity (Wildman–Crippen MR) is 144 cm³/mol. The largest absolute Gasteiger partial charge is 0.471 e. The normalized spacial score (nSPS) is 10.5. The summed E-state index contributed by atoms with van der Waals surface area (Å²) in [6, 6.07) is 0. The summed E-state index contributed by atoms with van der Waals surface area (Å²) in [5.74, 6) is 0. The van der Waals surface area contributed by atoms with Crippen LogP contribution in [0.5, 0.6) is 0 Å². The Morgan fingerprint density at radius 2 is 0.800 bits per heavy atom. The van der Waals surface area contributed by atoms with E-state index >= 15 is 0 Å². The van der Waals surface area contributed by atoms with Gasteiger partial charge in [-0.15, -0.1) is 0 Å². The minimum Gasteiger partial charge on any atom is -0.471 e. The maximum atomic E-state index is 12.7. The molecule has 30 heteroatoms. The maximum Gasteiger partial charge on any atom is 0.392 e. The lowest BCUT2D eigenvalue weighted by atomic mass is 9.99. The molecule has 346 valence electrons. The number of alkyl halides is 24. The molecular formula is C25H40F26O4. The van der Waals surface area contributed by atoms with Crippen molar-refractivity contribution >= 4 is 0 Å². The van der Waals surface area contributed by atoms with E-state index in [2.05, 4.69) is 25.9 Å². The van der Waals surface area contributed by atoms with E-state index in [1.807, 2.05) is 0 Å². The molecule has 0 N–H and O–H groups in total. The van der Waals surface area contributed by atoms with Crippen LogP contribution in [0.3, 0.4) is 0 Å². The Balaban J connectivity index is -0.0000000654. The van der Waals surface area contributed by atoms with E-state index in [0.717, 1.165) is 6.26 Å². The molecule has 0 aromatic rings. The van der Waals surface area contributed by atoms with Gasteiger partial charge >= 0.3 is 18.5 Å². The Bertz CT molecular complexity index is 616. The summed E-state index contributed by atoms with van der Waals surface area (Å²) in [5.41, 5.74) is -6.78. The Morgan fingerprint density at radius 3 is 0.909 bits per heavy atom. The third kappa shape index (κ3) is 106. The first-order chi connectivity index (χ1) is 25.3. The number of unbranched alkanes of at least 4 members (excludes halogenated alkanes) is 1. The van der Waals surface area contributed by atoms with Gasteiger partial charge in [0, 0.05) is 6.61 Å². The molecule has 0 atom stereocenters. The van der Waals surface area contributed by atoms with Crippen molar-refractivity contribution in [2.75, 3.05) is 88.2 Å². The van der Waals surface area contributed by atoms with Gasteiger partial charge in [-0.2, -0.15) is 49.4 Å². The highest BCUT2D eigenvalue weighted by Gasteiger charge is 2.49. The summed E-state index contributed by atoms with van der Waals surface area (Å²) in [6.07, 6.45) is -18.7. The first-order valence-electron chi connectivity index (χ1n) is 13.2. The third-order valence-corrected chi connectivity index (χ3v) is 3.38. The number of hydrogen-bond donors (Lipinski definition) is 0. The van der Waals surface area contributed by atoms with Crippen molar-refractivity contribution in [2.45, 2.75) is 62.0 Å². The van der Waals surface area contributed by atoms with Crippen molar-refractivity contribution in [3.63, 3.8) is 0 Å². The molecule has 0 heterocycles. The molecule has 0 fully saturated rings. The molecule has 0 radical (unpaired) electrons. The number of hydrogen-bond acceptors (Lipinski definition) is 4. The minimum atomic E-state index is -5.16. The van der Waals surface area contributed by atoms with E-state index in [9.17, 15) is 114 Å². The quantitative estimate of drug-likeness (QED) is 0.0879. The summed E-state index contributed by atoms with van der Waals surface area (Å²) in [7, 11) is 0.500. The molecule has 0 rings (SSSR count). The summed E-state index contributed by atoms with van der Waals surface area (Å²) in [6.45, 7) is -11.3. The van der Waals surface area contributed by atoms with Crippen LogP contribution in [0.1, 0.15) is 32.1 Å². The molecule has 0 bridgehead atoms. The van der Waals surface area contributed by atoms with Crippen molar-refractivity contribution < 1.29 is 134 Å². The van der Waals surface area contributed by atoms with Crippen molar-refractivity contribution in [3.8, 4) is 0 Å². The number of ether oxygens (including phenoxy) is 2. The summed E-state index contributed by atoms with van der Waals surface area (Å²) >= 11 is 0. The second-order valence-corrected chi connectivity index (χ2v) is 7.87. The smallest absolute Gasteiger partial charge is 0.392 e. The topological polar surface area (TPSA) is 36.9 Å². The predicted octanol–water partition coefficient (Wildman–Crippen LogP) is 12.9. The third-order valence-electron chi connectivity index (χ3n) is 3.38. The molecule has 0 aliphatic heterocycles. The van der Waals surface area contributed by atoms with E-state index < -0.39 is 117 Å². The average molecular weight is 899 g/mol. The van der Waals surface area contributed by atoms with Crippen LogP contribution in [0.25, 0.3) is 0 Å². The Hall–Kier alpha value is -2.40. The van der Waals surface area contributed by atoms with Gasteiger partial charge < -0.3 is 9.47 Å². The fourth-order valence-corrected chi connectivity index (χ4v) is 1.49. The molecular weight excluding hydrogens is 858 g/mol. The van der Waals surface area contributed by atoms with E-state index in [1.54, 1.807) is 0 Å². The summed E-state index contributed by atoms with van der Waals surface area (Å²) in [4.78, 5) is 4.75. The molecule has 0 aliphatic rings. The second-order valence-electron chi connectivity index (χ2n) is 7.87. The molecule has 0 saturated carbocycles. The highest BCUT2D eigenvalue weighted by Crippen LogP contribution is 2.38. The van der Waals surface area contributed by atoms with Gasteiger partial charge in [0.05, 0.1) is 46.1 Å². The molecule has 0 unspecified atom stereocenters. The lowest BCUT2D eigenvalue weighted by Crippen LogP contribution is -2.37. The Kier molecular flexibility index (Phi) is 71.9. The zero-order valence-electron chi connectivity index (χ0n) is 28.3. The highest BCUT2D eigenvalue weighted by atomic mass is 19.4. The van der Waals surface area contributed by atoms with Gasteiger partial charge in [-0.25, -0.2) is 52.7 Å². The van der Waals surface area contributed by atoms with Crippen LogP contribution in [-0.2, 0) is 19.4 Å². The Morgan fingerprint density at radius 1 is 0.473 bits per heavy atom. The SMILES string of the molecule is C=COCF.CF.FCC(F)(CC(F)(F)F)CC(F)(F)F.FCC(F)(CF)CF.FCCC(F)(F)F.FCCCCOCF.FCF.FCOF.FCOF. The highest BCUT2D eigenvalue weighted by molar-refractivity contribution is 4.84.